The van der Waals surface area contributed by atoms with Crippen molar-refractivity contribution in [3.8, 4) is 0 Å². The molecule has 41 heavy (non-hydrogen) atoms. The van der Waals surface area contributed by atoms with Crippen LogP contribution in [0.2, 0.25) is 0 Å². The van der Waals surface area contributed by atoms with Gasteiger partial charge < -0.3 is 9.46 Å². The van der Waals surface area contributed by atoms with Crippen molar-refractivity contribution in [2.24, 2.45) is 0 Å². The molecule has 0 aromatic heterocycles. The predicted octanol–water partition coefficient (Wildman–Crippen LogP) is 8.02. The minimum absolute atomic E-state index is 8.21. The van der Waals surface area contributed by atoms with Gasteiger partial charge in [0.2, 0.25) is 0 Å². The SMILES string of the molecule is O=P([O-])(C(F)(F)C(F)(F)C(F)(F)C(F)(F)C(F)(F)C(F)(F)F)C(F)(F)C(F)(F)C(F)(F)C(F)(F)C(F)(F)C(F)(F)F. The lowest BCUT2D eigenvalue weighted by molar-refractivity contribution is -0.441. The Balaban J connectivity index is 7.44. The molecule has 0 atom stereocenters. The molecule has 0 aliphatic carbocycles. The Hall–Kier alpha value is -1.63. The zero-order chi connectivity index (χ0) is 34.5. The highest BCUT2D eigenvalue weighted by atomic mass is 31.2. The Morgan fingerprint density at radius 3 is 0.585 bits per heavy atom. The molecule has 0 radical (unpaired) electrons. The highest BCUT2D eigenvalue weighted by Crippen LogP contribution is 2.77. The van der Waals surface area contributed by atoms with E-state index in [2.05, 4.69) is 0 Å². The number of halogens is 26. The van der Waals surface area contributed by atoms with Gasteiger partial charge in [0, 0.05) is 0 Å². The van der Waals surface area contributed by atoms with Gasteiger partial charge in [-0.15, -0.1) is 0 Å². The van der Waals surface area contributed by atoms with Crippen molar-refractivity contribution in [2.75, 3.05) is 0 Å². The summed E-state index contributed by atoms with van der Waals surface area (Å²) in [5, 5.41) is 0. The normalized spacial score (nSPS) is 17.2. The first-order chi connectivity index (χ1) is 17.0. The van der Waals surface area contributed by atoms with Crippen molar-refractivity contribution < 1.29 is 124 Å². The van der Waals surface area contributed by atoms with Crippen molar-refractivity contribution in [3.63, 3.8) is 0 Å². The van der Waals surface area contributed by atoms with Crippen molar-refractivity contribution in [1.82, 2.24) is 0 Å². The predicted molar refractivity (Wildman–Crippen MR) is 69.2 cm³/mol. The summed E-state index contributed by atoms with van der Waals surface area (Å²) in [7, 11) is -11.0. The molecule has 0 aromatic rings. The van der Waals surface area contributed by atoms with Gasteiger partial charge in [-0.1, -0.05) is 0 Å². The maximum atomic E-state index is 13.6. The summed E-state index contributed by atoms with van der Waals surface area (Å²) < 4.78 is 347. The molecular formula is C12F26O2P-. The average Bonchev–Trinajstić information content (AvgIpc) is 2.70. The standard InChI is InChI=1S/C12HF26O2P/c13-1(14,5(21,22)9(29,30)31)3(17,18)7(25,26)11(35,36)41(39,40)12(37,38)8(27,28)4(19,20)2(15,16)6(23,24)10(32,33)34/h(H,39,40)/p-1. The molecule has 2 nitrogen and oxygen atoms in total. The lowest BCUT2D eigenvalue weighted by Crippen LogP contribution is -2.73. The van der Waals surface area contributed by atoms with Gasteiger partial charge in [-0.3, -0.25) is 0 Å². The van der Waals surface area contributed by atoms with E-state index in [4.69, 9.17) is 0 Å². The third kappa shape index (κ3) is 4.49. The Labute approximate surface area is 203 Å². The Kier molecular flexibility index (Phi) is 8.82. The fourth-order valence-electron chi connectivity index (χ4n) is 2.07. The monoisotopic (exact) mass is 701 g/mol. The van der Waals surface area contributed by atoms with Gasteiger partial charge in [-0.05, 0) is 0 Å². The average molecular weight is 701 g/mol. The van der Waals surface area contributed by atoms with Gasteiger partial charge in [0.15, 0.2) is 7.37 Å². The molecule has 0 bridgehead atoms. The second-order valence-electron chi connectivity index (χ2n) is 7.22. The van der Waals surface area contributed by atoms with Crippen molar-refractivity contribution in [2.45, 2.75) is 71.1 Å². The number of hydrogen-bond donors (Lipinski definition) is 0. The molecule has 0 heterocycles. The van der Waals surface area contributed by atoms with E-state index in [1.165, 1.54) is 0 Å². The van der Waals surface area contributed by atoms with E-state index in [1.807, 2.05) is 0 Å². The Morgan fingerprint density at radius 1 is 0.293 bits per heavy atom. The van der Waals surface area contributed by atoms with E-state index in [0.29, 0.717) is 0 Å². The molecule has 0 N–H and O–H groups in total. The van der Waals surface area contributed by atoms with Crippen LogP contribution in [0.15, 0.2) is 0 Å². The van der Waals surface area contributed by atoms with Crippen LogP contribution in [-0.2, 0) is 4.57 Å². The van der Waals surface area contributed by atoms with Crippen LogP contribution in [0.5, 0.6) is 0 Å². The molecule has 248 valence electrons. The zero-order valence-corrected chi connectivity index (χ0v) is 18.0. The van der Waals surface area contributed by atoms with Crippen molar-refractivity contribution in [1.29, 1.82) is 0 Å². The van der Waals surface area contributed by atoms with Crippen LogP contribution in [-0.4, -0.2) is 71.1 Å². The number of rotatable bonds is 10. The van der Waals surface area contributed by atoms with Crippen LogP contribution in [0.1, 0.15) is 0 Å². The van der Waals surface area contributed by atoms with Crippen LogP contribution < -0.4 is 4.89 Å². The first kappa shape index (κ1) is 39.4. The van der Waals surface area contributed by atoms with E-state index in [9.17, 15) is 124 Å². The lowest BCUT2D eigenvalue weighted by atomic mass is 9.98. The molecule has 0 spiro atoms. The van der Waals surface area contributed by atoms with Crippen LogP contribution in [0.4, 0.5) is 114 Å². The molecular weight excluding hydrogens is 701 g/mol. The molecule has 29 heteroatoms. The third-order valence-corrected chi connectivity index (χ3v) is 6.61. The summed E-state index contributed by atoms with van der Waals surface area (Å²) in [4.78, 5) is 11.0. The highest BCUT2D eigenvalue weighted by molar-refractivity contribution is 7.59. The third-order valence-electron chi connectivity index (χ3n) is 4.57. The summed E-state index contributed by atoms with van der Waals surface area (Å²) in [6, 6.07) is 0. The van der Waals surface area contributed by atoms with Crippen molar-refractivity contribution in [3.05, 3.63) is 0 Å². The fourth-order valence-corrected chi connectivity index (χ4v) is 3.44. The molecule has 0 saturated heterocycles. The van der Waals surface area contributed by atoms with Crippen LogP contribution in [0.3, 0.4) is 0 Å². The number of hydrogen-bond acceptors (Lipinski definition) is 2. The second kappa shape index (κ2) is 9.19. The lowest BCUT2D eigenvalue weighted by Gasteiger charge is -2.48. The molecule has 0 unspecified atom stereocenters. The minimum atomic E-state index is -11.0. The Bertz CT molecular complexity index is 952. The maximum Gasteiger partial charge on any atom is 0.460 e. The summed E-state index contributed by atoms with van der Waals surface area (Å²) >= 11 is 0. The van der Waals surface area contributed by atoms with Crippen LogP contribution in [0.25, 0.3) is 0 Å². The van der Waals surface area contributed by atoms with Gasteiger partial charge in [0.25, 0.3) is 0 Å². The van der Waals surface area contributed by atoms with E-state index >= 15 is 0 Å². The minimum Gasteiger partial charge on any atom is -0.791 e. The Morgan fingerprint density at radius 2 is 0.439 bits per heavy atom. The van der Waals surface area contributed by atoms with Gasteiger partial charge in [0.05, 0.1) is 0 Å². The van der Waals surface area contributed by atoms with E-state index in [0.717, 1.165) is 0 Å². The first-order valence-electron chi connectivity index (χ1n) is 8.23. The summed E-state index contributed by atoms with van der Waals surface area (Å²) in [5.41, 5.74) is -18.9. The molecule has 0 aromatic carbocycles. The second-order valence-corrected chi connectivity index (χ2v) is 9.45. The van der Waals surface area contributed by atoms with E-state index < -0.39 is 78.4 Å². The van der Waals surface area contributed by atoms with Crippen LogP contribution in [0, 0.1) is 0 Å². The molecule has 0 amide bonds. The quantitative estimate of drug-likeness (QED) is 0.171. The van der Waals surface area contributed by atoms with Gasteiger partial charge in [0.1, 0.15) is 0 Å². The topological polar surface area (TPSA) is 40.1 Å². The molecule has 0 aliphatic heterocycles. The van der Waals surface area contributed by atoms with Crippen LogP contribution >= 0.6 is 7.37 Å². The smallest absolute Gasteiger partial charge is 0.460 e. The largest absolute Gasteiger partial charge is 0.791 e. The van der Waals surface area contributed by atoms with Gasteiger partial charge in [-0.25, -0.2) is 0 Å². The summed E-state index contributed by atoms with van der Waals surface area (Å²) in [6.45, 7) is 0. The highest BCUT2D eigenvalue weighted by Gasteiger charge is 2.96. The maximum absolute atomic E-state index is 13.6. The fraction of sp³-hybridized carbons (Fsp3) is 1.00. The molecule has 0 saturated carbocycles. The summed E-state index contributed by atoms with van der Waals surface area (Å²) in [5.74, 6) is -73.4. The van der Waals surface area contributed by atoms with Gasteiger partial charge in [-0.2, -0.15) is 114 Å². The van der Waals surface area contributed by atoms with E-state index in [-0.39, 0.29) is 0 Å². The van der Waals surface area contributed by atoms with Gasteiger partial charge >= 0.3 is 71.1 Å². The molecule has 0 rings (SSSR count). The summed E-state index contributed by atoms with van der Waals surface area (Å²) in [6.07, 6.45) is -16.4. The molecule has 0 fully saturated rings. The zero-order valence-electron chi connectivity index (χ0n) is 17.1. The first-order valence-corrected chi connectivity index (χ1v) is 9.85. The van der Waals surface area contributed by atoms with Crippen molar-refractivity contribution >= 4 is 7.37 Å². The number of alkyl halides is 26. The van der Waals surface area contributed by atoms with E-state index in [1.54, 1.807) is 0 Å². The molecule has 0 aliphatic rings.